The topological polar surface area (TPSA) is 63.4 Å². The zero-order valence-electron chi connectivity index (χ0n) is 11.4. The fourth-order valence-electron chi connectivity index (χ4n) is 3.07. The van der Waals surface area contributed by atoms with Gasteiger partial charge in [-0.25, -0.2) is 8.42 Å². The minimum atomic E-state index is -3.44. The minimum Gasteiger partial charge on any atom is -0.398 e. The molecule has 0 spiro atoms. The van der Waals surface area contributed by atoms with Crippen molar-refractivity contribution in [3.05, 3.63) is 33.3 Å². The number of fused-ring (bicyclic) bond motifs is 1. The van der Waals surface area contributed by atoms with Crippen LogP contribution in [0, 0.1) is 5.92 Å². The van der Waals surface area contributed by atoms with Gasteiger partial charge in [0.25, 0.3) is 10.0 Å². The molecule has 1 fully saturated rings. The van der Waals surface area contributed by atoms with E-state index < -0.39 is 10.0 Å². The summed E-state index contributed by atoms with van der Waals surface area (Å²) >= 11 is 2.96. The molecule has 4 nitrogen and oxygen atoms in total. The molecule has 0 aromatic carbocycles. The molecule has 1 atom stereocenters. The predicted molar refractivity (Wildman–Crippen MR) is 86.1 cm³/mol. The van der Waals surface area contributed by atoms with E-state index in [2.05, 4.69) is 11.4 Å². The van der Waals surface area contributed by atoms with E-state index in [9.17, 15) is 8.42 Å². The molecule has 21 heavy (non-hydrogen) atoms. The predicted octanol–water partition coefficient (Wildman–Crippen LogP) is 3.09. The van der Waals surface area contributed by atoms with Crippen LogP contribution in [-0.4, -0.2) is 19.3 Å². The van der Waals surface area contributed by atoms with E-state index in [1.54, 1.807) is 27.1 Å². The Bertz CT molecular complexity index is 774. The summed E-state index contributed by atoms with van der Waals surface area (Å²) in [6, 6.07) is 3.70. The molecular weight excluding hydrogens is 324 g/mol. The quantitative estimate of drug-likeness (QED) is 0.934. The largest absolute Gasteiger partial charge is 0.398 e. The standard InChI is InChI=1S/C14H16N2O2S3/c15-10-7-13(20-8-10)21(17,18)16-5-3-12-11(4-6-19-12)14(16)9-1-2-9/h4,6-9,14H,1-3,5,15H2. The van der Waals surface area contributed by atoms with Crippen LogP contribution in [0.1, 0.15) is 29.3 Å². The van der Waals surface area contributed by atoms with Crippen LogP contribution in [0.2, 0.25) is 0 Å². The van der Waals surface area contributed by atoms with Gasteiger partial charge < -0.3 is 5.73 Å². The number of nitrogens with zero attached hydrogens (tertiary/aromatic N) is 1. The van der Waals surface area contributed by atoms with Gasteiger partial charge in [-0.1, -0.05) is 0 Å². The summed E-state index contributed by atoms with van der Waals surface area (Å²) < 4.78 is 28.0. The number of hydrogen-bond acceptors (Lipinski definition) is 5. The van der Waals surface area contributed by atoms with Gasteiger partial charge in [0.2, 0.25) is 0 Å². The number of anilines is 1. The summed E-state index contributed by atoms with van der Waals surface area (Å²) in [5, 5.41) is 3.78. The van der Waals surface area contributed by atoms with Gasteiger partial charge >= 0.3 is 0 Å². The van der Waals surface area contributed by atoms with Crippen molar-refractivity contribution in [2.45, 2.75) is 29.5 Å². The minimum absolute atomic E-state index is 0.0216. The number of sulfonamides is 1. The molecule has 1 aliphatic heterocycles. The fourth-order valence-corrected chi connectivity index (χ4v) is 6.86. The molecule has 112 valence electrons. The van der Waals surface area contributed by atoms with Crippen LogP contribution in [0.5, 0.6) is 0 Å². The van der Waals surface area contributed by atoms with Crippen LogP contribution in [0.4, 0.5) is 5.69 Å². The molecule has 1 unspecified atom stereocenters. The van der Waals surface area contributed by atoms with Crippen molar-refractivity contribution in [2.75, 3.05) is 12.3 Å². The molecule has 0 radical (unpaired) electrons. The van der Waals surface area contributed by atoms with Gasteiger partial charge in [-0.05, 0) is 48.3 Å². The highest BCUT2D eigenvalue weighted by molar-refractivity contribution is 7.91. The number of nitrogens with two attached hydrogens (primary N) is 1. The second kappa shape index (κ2) is 4.81. The Balaban J connectivity index is 1.77. The average Bonchev–Trinajstić information content (AvgIpc) is 3.00. The summed E-state index contributed by atoms with van der Waals surface area (Å²) in [7, 11) is -3.44. The molecule has 2 aromatic heterocycles. The molecule has 3 heterocycles. The van der Waals surface area contributed by atoms with E-state index in [0.29, 0.717) is 22.4 Å². The Morgan fingerprint density at radius 1 is 1.29 bits per heavy atom. The van der Waals surface area contributed by atoms with Crippen molar-refractivity contribution in [1.29, 1.82) is 0 Å². The molecule has 0 amide bonds. The lowest BCUT2D eigenvalue weighted by atomic mass is 9.98. The van der Waals surface area contributed by atoms with Crippen molar-refractivity contribution in [3.8, 4) is 0 Å². The van der Waals surface area contributed by atoms with Gasteiger partial charge in [0.05, 0.1) is 6.04 Å². The number of hydrogen-bond donors (Lipinski definition) is 1. The highest BCUT2D eigenvalue weighted by Gasteiger charge is 2.45. The summed E-state index contributed by atoms with van der Waals surface area (Å²) in [4.78, 5) is 1.35. The van der Waals surface area contributed by atoms with Gasteiger partial charge in [-0.2, -0.15) is 4.31 Å². The van der Waals surface area contributed by atoms with E-state index >= 15 is 0 Å². The Labute approximate surface area is 132 Å². The van der Waals surface area contributed by atoms with Crippen LogP contribution in [0.25, 0.3) is 0 Å². The number of nitrogen functional groups attached to an aromatic ring is 1. The first-order valence-corrected chi connectivity index (χ1v) is 10.2. The van der Waals surface area contributed by atoms with Crippen LogP contribution in [-0.2, 0) is 16.4 Å². The maximum absolute atomic E-state index is 13.0. The number of rotatable bonds is 3. The molecule has 2 aromatic rings. The summed E-state index contributed by atoms with van der Waals surface area (Å²) in [6.45, 7) is 0.578. The highest BCUT2D eigenvalue weighted by Crippen LogP contribution is 2.50. The summed E-state index contributed by atoms with van der Waals surface area (Å²) in [6.07, 6.45) is 3.06. The highest BCUT2D eigenvalue weighted by atomic mass is 32.2. The third-order valence-corrected chi connectivity index (χ3v) is 8.51. The third-order valence-electron chi connectivity index (χ3n) is 4.20. The third kappa shape index (κ3) is 2.23. The Morgan fingerprint density at radius 3 is 2.76 bits per heavy atom. The van der Waals surface area contributed by atoms with E-state index in [1.165, 1.54) is 21.8 Å². The lowest BCUT2D eigenvalue weighted by Gasteiger charge is -2.34. The first kappa shape index (κ1) is 13.8. The Morgan fingerprint density at radius 2 is 2.10 bits per heavy atom. The first-order chi connectivity index (χ1) is 10.1. The van der Waals surface area contributed by atoms with Gasteiger partial charge in [0.1, 0.15) is 4.21 Å². The van der Waals surface area contributed by atoms with Crippen LogP contribution in [0.15, 0.2) is 27.1 Å². The molecule has 0 bridgehead atoms. The van der Waals surface area contributed by atoms with Crippen molar-refractivity contribution >= 4 is 38.4 Å². The van der Waals surface area contributed by atoms with E-state index in [0.717, 1.165) is 19.3 Å². The van der Waals surface area contributed by atoms with Crippen LogP contribution >= 0.6 is 22.7 Å². The monoisotopic (exact) mass is 340 g/mol. The lowest BCUT2D eigenvalue weighted by Crippen LogP contribution is -2.40. The summed E-state index contributed by atoms with van der Waals surface area (Å²) in [5.74, 6) is 0.478. The lowest BCUT2D eigenvalue weighted by molar-refractivity contribution is 0.283. The van der Waals surface area contributed by atoms with Crippen molar-refractivity contribution in [1.82, 2.24) is 4.31 Å². The molecule has 2 aliphatic rings. The van der Waals surface area contributed by atoms with Crippen molar-refractivity contribution < 1.29 is 8.42 Å². The zero-order valence-corrected chi connectivity index (χ0v) is 13.8. The maximum atomic E-state index is 13.0. The van der Waals surface area contributed by atoms with Crippen LogP contribution < -0.4 is 5.73 Å². The van der Waals surface area contributed by atoms with E-state index in [4.69, 9.17) is 5.73 Å². The van der Waals surface area contributed by atoms with Gasteiger partial charge in [-0.15, -0.1) is 22.7 Å². The summed E-state index contributed by atoms with van der Waals surface area (Å²) in [5.41, 5.74) is 7.45. The van der Waals surface area contributed by atoms with Crippen molar-refractivity contribution in [2.24, 2.45) is 5.92 Å². The van der Waals surface area contributed by atoms with Crippen molar-refractivity contribution in [3.63, 3.8) is 0 Å². The number of thiophene rings is 2. The van der Waals surface area contributed by atoms with Gasteiger partial charge in [-0.3, -0.25) is 0 Å². The second-order valence-corrected chi connectivity index (χ2v) is 9.68. The van der Waals surface area contributed by atoms with E-state index in [1.807, 2.05) is 0 Å². The normalized spacial score (nSPS) is 23.1. The molecule has 7 heteroatoms. The first-order valence-electron chi connectivity index (χ1n) is 6.99. The second-order valence-electron chi connectivity index (χ2n) is 5.65. The molecule has 2 N–H and O–H groups in total. The molecule has 1 aliphatic carbocycles. The molecule has 4 rings (SSSR count). The average molecular weight is 340 g/mol. The fraction of sp³-hybridized carbons (Fsp3) is 0.429. The van der Waals surface area contributed by atoms with Gasteiger partial charge in [0, 0.05) is 22.5 Å². The van der Waals surface area contributed by atoms with Gasteiger partial charge in [0.15, 0.2) is 0 Å². The van der Waals surface area contributed by atoms with Crippen LogP contribution in [0.3, 0.4) is 0 Å². The SMILES string of the molecule is Nc1csc(S(=O)(=O)N2CCc3sccc3C2C2CC2)c1. The molecule has 0 saturated heterocycles. The molecular formula is C14H16N2O2S3. The van der Waals surface area contributed by atoms with E-state index in [-0.39, 0.29) is 6.04 Å². The smallest absolute Gasteiger partial charge is 0.253 e. The Kier molecular flexibility index (Phi) is 3.15. The zero-order chi connectivity index (χ0) is 14.6. The maximum Gasteiger partial charge on any atom is 0.253 e. The molecule has 1 saturated carbocycles. The Hall–Kier alpha value is -0.890.